The third-order valence-electron chi connectivity index (χ3n) is 22.9. The lowest BCUT2D eigenvalue weighted by Crippen LogP contribution is -2.65. The molecular weight excluding hydrogens is 1580 g/mol. The van der Waals surface area contributed by atoms with Crippen LogP contribution in [0.5, 0.6) is 0 Å². The van der Waals surface area contributed by atoms with Crippen molar-refractivity contribution in [2.45, 2.75) is 372 Å². The monoisotopic (exact) mass is 1710 g/mol. The van der Waals surface area contributed by atoms with E-state index in [2.05, 4.69) is 25.3 Å². The van der Waals surface area contributed by atoms with Crippen molar-refractivity contribution >= 4 is 5.97 Å². The van der Waals surface area contributed by atoms with E-state index in [1.165, 1.54) is 32.9 Å². The van der Waals surface area contributed by atoms with Crippen LogP contribution in [0, 0.1) is 0 Å². The molecule has 0 radical (unpaired) electrons. The number of allylic oxidation sites excluding steroid dienone is 10. The van der Waals surface area contributed by atoms with Crippen molar-refractivity contribution in [3.8, 4) is 0 Å². The molecule has 0 aromatic carbocycles. The Hall–Kier alpha value is -4.01. The Morgan fingerprint density at radius 1 is 0.336 bits per heavy atom. The normalized spacial score (nSPS) is 41.1. The summed E-state index contributed by atoms with van der Waals surface area (Å²) in [7, 11) is 0. The summed E-state index contributed by atoms with van der Waals surface area (Å²) in [5, 5.41) is 224. The van der Waals surface area contributed by atoms with Crippen LogP contribution in [0.3, 0.4) is 0 Å². The van der Waals surface area contributed by atoms with Gasteiger partial charge in [-0.15, -0.1) is 13.2 Å². The van der Waals surface area contributed by atoms with Gasteiger partial charge in [-0.05, 0) is 146 Å². The maximum atomic E-state index is 13.9. The first kappa shape index (κ1) is 102. The van der Waals surface area contributed by atoms with E-state index in [1.807, 2.05) is 45.9 Å². The number of rotatable bonds is 42. The minimum atomic E-state index is -1.88. The van der Waals surface area contributed by atoms with Gasteiger partial charge in [0.05, 0.1) is 63.1 Å². The van der Waals surface area contributed by atoms with Gasteiger partial charge in [-0.2, -0.15) is 0 Å². The molecule has 0 bridgehead atoms. The molecule has 7 fully saturated rings. The smallest absolute Gasteiger partial charge is 0.333 e. The molecule has 0 aromatic rings. The molecule has 37 heteroatoms. The van der Waals surface area contributed by atoms with Gasteiger partial charge in [0, 0.05) is 5.57 Å². The number of ether oxygens (including phenoxy) is 15. The van der Waals surface area contributed by atoms with Gasteiger partial charge in [0.1, 0.15) is 153 Å². The Balaban J connectivity index is 0.899. The summed E-state index contributed by atoms with van der Waals surface area (Å²) in [4.78, 5) is 13.9. The van der Waals surface area contributed by atoms with Crippen LogP contribution in [-0.4, -0.2) is 379 Å². The van der Waals surface area contributed by atoms with Gasteiger partial charge in [0.15, 0.2) is 50.1 Å². The van der Waals surface area contributed by atoms with E-state index in [4.69, 9.17) is 71.1 Å². The van der Waals surface area contributed by atoms with Gasteiger partial charge in [-0.3, -0.25) is 0 Å². The van der Waals surface area contributed by atoms with E-state index in [-0.39, 0.29) is 12.2 Å². The molecule has 21 N–H and O–H groups in total. The topological polar surface area (TPSA) is 580 Å². The Morgan fingerprint density at radius 3 is 1.07 bits per heavy atom. The average Bonchev–Trinajstić information content (AvgIpc) is 0.785. The largest absolute Gasteiger partial charge is 0.451 e. The highest BCUT2D eigenvalue weighted by Crippen LogP contribution is 2.39. The second kappa shape index (κ2) is 47.5. The summed E-state index contributed by atoms with van der Waals surface area (Å²) < 4.78 is 88.9. The molecule has 0 aromatic heterocycles. The minimum Gasteiger partial charge on any atom is -0.451 e. The number of carbonyl (C=O) groups is 1. The highest BCUT2D eigenvalue weighted by atomic mass is 16.8. The molecule has 7 rings (SSSR count). The minimum absolute atomic E-state index is 0.0943. The maximum Gasteiger partial charge on any atom is 0.333 e. The van der Waals surface area contributed by atoms with Crippen LogP contribution in [0.25, 0.3) is 0 Å². The van der Waals surface area contributed by atoms with Gasteiger partial charge < -0.3 is 178 Å². The van der Waals surface area contributed by atoms with E-state index in [0.29, 0.717) is 77.0 Å². The molecule has 684 valence electrons. The Labute approximate surface area is 693 Å². The van der Waals surface area contributed by atoms with Crippen molar-refractivity contribution in [3.63, 3.8) is 0 Å². The third-order valence-corrected chi connectivity index (χ3v) is 22.9. The van der Waals surface area contributed by atoms with Crippen LogP contribution >= 0.6 is 0 Å². The van der Waals surface area contributed by atoms with E-state index in [9.17, 15) is 112 Å². The van der Waals surface area contributed by atoms with Crippen LogP contribution in [0.1, 0.15) is 146 Å². The molecule has 0 aliphatic carbocycles. The van der Waals surface area contributed by atoms with Crippen LogP contribution in [0.4, 0.5) is 0 Å². The molecule has 37 nitrogen and oxygen atoms in total. The fourth-order valence-corrected chi connectivity index (χ4v) is 14.6. The highest BCUT2D eigenvalue weighted by Gasteiger charge is 2.57. The SMILES string of the molecule is C=CC(C)(CCC=C(C)CCC=C(C)CCC=C(C)COC1OC(COC2OC(C)C(O)C(O)C2O)C(OC2OC(C)C(O)C(O)C2OC(=O)C(C)=CCCC(C)=CCCC(C)=CCCC(C)(C=C)OC2OC(CO)C(O)C(O)C2OC2OC(CO)C(O)C(O)C2O)C(O)C1O)OC1OC(CO)C(O)C(O)C1OC1OC(CO)C(O)C(O)C1O. The molecule has 7 heterocycles. The van der Waals surface area contributed by atoms with E-state index < -0.39 is 265 Å². The summed E-state index contributed by atoms with van der Waals surface area (Å²) in [6.45, 7) is 21.7. The Morgan fingerprint density at radius 2 is 0.647 bits per heavy atom. The van der Waals surface area contributed by atoms with Crippen LogP contribution in [0.15, 0.2) is 95.2 Å². The summed E-state index contributed by atoms with van der Waals surface area (Å²) in [6, 6.07) is 0. The summed E-state index contributed by atoms with van der Waals surface area (Å²) >= 11 is 0. The fourth-order valence-electron chi connectivity index (χ4n) is 14.6. The zero-order chi connectivity index (χ0) is 88.2. The molecular formula is C82H134O37. The van der Waals surface area contributed by atoms with Crippen molar-refractivity contribution in [3.05, 3.63) is 95.2 Å². The first-order chi connectivity index (χ1) is 56.2. The van der Waals surface area contributed by atoms with Crippen LogP contribution in [0.2, 0.25) is 0 Å². The number of hydrogen-bond acceptors (Lipinski definition) is 37. The van der Waals surface area contributed by atoms with Gasteiger partial charge in [0.2, 0.25) is 0 Å². The average molecular weight is 1710 g/mol. The van der Waals surface area contributed by atoms with Crippen molar-refractivity contribution in [2.24, 2.45) is 0 Å². The second-order valence-corrected chi connectivity index (χ2v) is 32.7. The third kappa shape index (κ3) is 27.5. The summed E-state index contributed by atoms with van der Waals surface area (Å²) in [5.74, 6) is -0.910. The quantitative estimate of drug-likeness (QED) is 0.0172. The maximum absolute atomic E-state index is 13.9. The standard InChI is InChI=1S/C82H134O37/c1-13-81(11,118-79-71(62(97)56(91)49(35-85)111-79)116-76-66(101)59(94)54(89)47(33-83)109-76)31-19-28-41(5)23-15-21-39(3)25-17-27-43(7)37-105-75-68(103)64(99)69(51(113-75)38-106-74-65(100)58(93)52(87)45(9)107-74)115-78-70(61(96)53(88)46(10)108-78)114-73(104)44(8)30-18-26-40(4)22-16-24-42(6)29-20-32-82(12,14-2)119-80-72(63(98)57(92)50(36-86)112-80)117-77-67(102)60(95)55(90)48(34-84)110-77/h13-14,21-22,27-30,45-72,74-80,83-103H,1-2,15-20,23-26,31-38H2,3-12H3. The lowest BCUT2D eigenvalue weighted by molar-refractivity contribution is -0.375. The van der Waals surface area contributed by atoms with Crippen LogP contribution < -0.4 is 0 Å². The van der Waals surface area contributed by atoms with Gasteiger partial charge >= 0.3 is 5.97 Å². The highest BCUT2D eigenvalue weighted by molar-refractivity contribution is 5.87. The molecule has 7 aliphatic heterocycles. The van der Waals surface area contributed by atoms with Crippen molar-refractivity contribution < 1.29 is 183 Å². The number of esters is 1. The summed E-state index contributed by atoms with van der Waals surface area (Å²) in [5.41, 5.74) is 2.75. The molecule has 119 heavy (non-hydrogen) atoms. The number of aliphatic hydroxyl groups is 21. The molecule has 7 saturated heterocycles. The van der Waals surface area contributed by atoms with Crippen LogP contribution in [-0.2, 0) is 75.8 Å². The van der Waals surface area contributed by atoms with Crippen molar-refractivity contribution in [1.82, 2.24) is 0 Å². The predicted octanol–water partition coefficient (Wildman–Crippen LogP) is -2.41. The van der Waals surface area contributed by atoms with Crippen molar-refractivity contribution in [2.75, 3.05) is 39.6 Å². The first-order valence-electron chi connectivity index (χ1n) is 40.8. The molecule has 0 amide bonds. The first-order valence-corrected chi connectivity index (χ1v) is 40.8. The molecule has 7 aliphatic rings. The lowest BCUT2D eigenvalue weighted by Gasteiger charge is -2.47. The van der Waals surface area contributed by atoms with E-state index in [1.54, 1.807) is 26.8 Å². The zero-order valence-corrected chi connectivity index (χ0v) is 69.4. The van der Waals surface area contributed by atoms with Gasteiger partial charge in [-0.1, -0.05) is 76.5 Å². The van der Waals surface area contributed by atoms with E-state index >= 15 is 0 Å². The second-order valence-electron chi connectivity index (χ2n) is 32.7. The van der Waals surface area contributed by atoms with Gasteiger partial charge in [-0.25, -0.2) is 4.79 Å². The lowest BCUT2D eigenvalue weighted by atomic mass is 9.95. The predicted molar refractivity (Wildman–Crippen MR) is 416 cm³/mol. The summed E-state index contributed by atoms with van der Waals surface area (Å²) in [6.07, 6.45) is -34.8. The Kier molecular flexibility index (Phi) is 40.8. The molecule has 37 atom stereocenters. The Bertz CT molecular complexity index is 3300. The van der Waals surface area contributed by atoms with Crippen molar-refractivity contribution in [1.29, 1.82) is 0 Å². The number of hydrogen-bond donors (Lipinski definition) is 21. The van der Waals surface area contributed by atoms with Gasteiger partial charge in [0.25, 0.3) is 0 Å². The zero-order valence-electron chi connectivity index (χ0n) is 69.4. The fraction of sp³-hybridized carbons (Fsp3) is 0.793. The molecule has 0 spiro atoms. The number of aliphatic hydroxyl groups excluding tert-OH is 21. The number of carbonyl (C=O) groups excluding carboxylic acids is 1. The molecule has 37 unspecified atom stereocenters. The molecule has 0 saturated carbocycles. The van der Waals surface area contributed by atoms with E-state index in [0.717, 1.165) is 27.9 Å².